The van der Waals surface area contributed by atoms with E-state index in [4.69, 9.17) is 22.4 Å². The average Bonchev–Trinajstić information content (AvgIpc) is 3.13. The Morgan fingerprint density at radius 2 is 1.94 bits per heavy atom. The molecule has 1 aliphatic rings. The van der Waals surface area contributed by atoms with Crippen LogP contribution < -0.4 is 16.2 Å². The van der Waals surface area contributed by atoms with Gasteiger partial charge < -0.3 is 10.6 Å². The first-order chi connectivity index (χ1) is 15.4. The van der Waals surface area contributed by atoms with Crippen LogP contribution in [0.15, 0.2) is 53.6 Å². The van der Waals surface area contributed by atoms with E-state index in [1.807, 2.05) is 35.2 Å². The molecular formula is C22H22ClN7O2S. The molecule has 33 heavy (non-hydrogen) atoms. The fourth-order valence-electron chi connectivity index (χ4n) is 4.22. The molecular weight excluding hydrogens is 462 g/mol. The van der Waals surface area contributed by atoms with Crippen LogP contribution in [0.25, 0.3) is 11.2 Å². The Hall–Kier alpha value is -3.37. The summed E-state index contributed by atoms with van der Waals surface area (Å²) in [6.07, 6.45) is 3.10. The van der Waals surface area contributed by atoms with E-state index in [1.165, 1.54) is 17.6 Å². The lowest BCUT2D eigenvalue weighted by Crippen LogP contribution is -2.52. The molecule has 5 rings (SSSR count). The second-order valence-corrected chi connectivity index (χ2v) is 8.29. The summed E-state index contributed by atoms with van der Waals surface area (Å²) in [5.74, 6) is 0.999. The number of ketones is 1. The second kappa shape index (κ2) is 8.53. The van der Waals surface area contributed by atoms with Crippen molar-refractivity contribution in [2.75, 3.05) is 17.2 Å². The van der Waals surface area contributed by atoms with Gasteiger partial charge in [-0.1, -0.05) is 36.7 Å². The van der Waals surface area contributed by atoms with Crippen LogP contribution in [-0.4, -0.2) is 36.5 Å². The van der Waals surface area contributed by atoms with Gasteiger partial charge in [0.1, 0.15) is 11.3 Å². The van der Waals surface area contributed by atoms with Crippen molar-refractivity contribution in [3.63, 3.8) is 0 Å². The minimum Gasteiger partial charge on any atom is -0.368 e. The molecule has 11 heteroatoms. The molecule has 1 saturated heterocycles. The van der Waals surface area contributed by atoms with Gasteiger partial charge in [-0.25, -0.2) is 9.50 Å². The molecule has 0 amide bonds. The standard InChI is InChI=1S/C22H20ClN7O2.H2S/c1-12-11-28(19-15(13(2)31)10-25-22(24)26-19)17(12)20-27-29-9-8-16(23)18(29)21(32)30(20)14-6-4-3-5-7-14;/h3-10,12,17H,11H2,1-2H3,(H2,24,25,26);1H2. The Bertz CT molecular complexity index is 1420. The number of anilines is 2. The largest absolute Gasteiger partial charge is 0.368 e. The first kappa shape index (κ1) is 22.8. The van der Waals surface area contributed by atoms with E-state index in [9.17, 15) is 9.59 Å². The third-order valence-corrected chi connectivity index (χ3v) is 6.04. The number of fused-ring (bicyclic) bond motifs is 1. The van der Waals surface area contributed by atoms with Gasteiger partial charge in [0.05, 0.1) is 22.3 Å². The first-order valence-corrected chi connectivity index (χ1v) is 10.5. The van der Waals surface area contributed by atoms with Gasteiger partial charge in [0.25, 0.3) is 5.56 Å². The van der Waals surface area contributed by atoms with Crippen molar-refractivity contribution < 1.29 is 4.79 Å². The molecule has 1 aliphatic heterocycles. The molecule has 3 aromatic heterocycles. The van der Waals surface area contributed by atoms with Gasteiger partial charge in [-0.2, -0.15) is 23.6 Å². The van der Waals surface area contributed by atoms with E-state index in [2.05, 4.69) is 16.9 Å². The predicted octanol–water partition coefficient (Wildman–Crippen LogP) is 3.02. The van der Waals surface area contributed by atoms with Crippen LogP contribution in [0.2, 0.25) is 5.02 Å². The average molecular weight is 484 g/mol. The molecule has 2 N–H and O–H groups in total. The number of halogens is 1. The molecule has 170 valence electrons. The maximum absolute atomic E-state index is 13.6. The lowest BCUT2D eigenvalue weighted by Gasteiger charge is -2.47. The number of para-hydroxylation sites is 1. The van der Waals surface area contributed by atoms with Crippen LogP contribution in [0.5, 0.6) is 0 Å². The third kappa shape index (κ3) is 3.65. The zero-order valence-electron chi connectivity index (χ0n) is 17.9. The number of rotatable bonds is 4. The quantitative estimate of drug-likeness (QED) is 0.444. The van der Waals surface area contributed by atoms with E-state index in [1.54, 1.807) is 16.8 Å². The van der Waals surface area contributed by atoms with Gasteiger partial charge in [-0.3, -0.25) is 14.2 Å². The van der Waals surface area contributed by atoms with Crippen LogP contribution in [0.4, 0.5) is 11.8 Å². The number of nitrogen functional groups attached to an aromatic ring is 1. The van der Waals surface area contributed by atoms with E-state index < -0.39 is 0 Å². The van der Waals surface area contributed by atoms with E-state index >= 15 is 0 Å². The molecule has 0 saturated carbocycles. The summed E-state index contributed by atoms with van der Waals surface area (Å²) >= 11 is 6.29. The molecule has 1 aromatic carbocycles. The maximum Gasteiger partial charge on any atom is 0.284 e. The van der Waals surface area contributed by atoms with Gasteiger partial charge in [0, 0.05) is 24.9 Å². The zero-order chi connectivity index (χ0) is 22.6. The highest BCUT2D eigenvalue weighted by molar-refractivity contribution is 7.59. The summed E-state index contributed by atoms with van der Waals surface area (Å²) in [6, 6.07) is 10.6. The van der Waals surface area contributed by atoms with Gasteiger partial charge in [-0.05, 0) is 25.1 Å². The van der Waals surface area contributed by atoms with Crippen LogP contribution in [0, 0.1) is 5.92 Å². The topological polar surface area (TPSA) is 111 Å². The van der Waals surface area contributed by atoms with Crippen molar-refractivity contribution in [2.24, 2.45) is 5.92 Å². The molecule has 2 unspecified atom stereocenters. The number of carbonyl (C=O) groups excluding carboxylic acids is 1. The molecule has 9 nitrogen and oxygen atoms in total. The van der Waals surface area contributed by atoms with Gasteiger partial charge in [-0.15, -0.1) is 0 Å². The zero-order valence-corrected chi connectivity index (χ0v) is 19.7. The van der Waals surface area contributed by atoms with Crippen molar-refractivity contribution in [3.8, 4) is 5.69 Å². The first-order valence-electron chi connectivity index (χ1n) is 10.1. The van der Waals surface area contributed by atoms with E-state index in [-0.39, 0.29) is 42.7 Å². The molecule has 2 atom stereocenters. The Morgan fingerprint density at radius 1 is 1.21 bits per heavy atom. The van der Waals surface area contributed by atoms with Crippen LogP contribution in [0.3, 0.4) is 0 Å². The fraction of sp³-hybridized carbons (Fsp3) is 0.227. The maximum atomic E-state index is 13.6. The Balaban J connectivity index is 0.00000259. The van der Waals surface area contributed by atoms with Gasteiger partial charge in [0.15, 0.2) is 11.6 Å². The number of hydrogen-bond acceptors (Lipinski definition) is 7. The predicted molar refractivity (Wildman–Crippen MR) is 132 cm³/mol. The van der Waals surface area contributed by atoms with Crippen molar-refractivity contribution in [3.05, 3.63) is 75.6 Å². The fourth-order valence-corrected chi connectivity index (χ4v) is 4.45. The van der Waals surface area contributed by atoms with Crippen molar-refractivity contribution in [1.29, 1.82) is 0 Å². The summed E-state index contributed by atoms with van der Waals surface area (Å²) in [4.78, 5) is 36.0. The Kier molecular flexibility index (Phi) is 5.89. The van der Waals surface area contributed by atoms with Gasteiger partial charge in [0.2, 0.25) is 5.95 Å². The number of Topliss-reactive ketones (excluding diaryl/α,β-unsaturated/α-hetero) is 1. The molecule has 0 aliphatic carbocycles. The summed E-state index contributed by atoms with van der Waals surface area (Å²) in [5.41, 5.74) is 6.91. The summed E-state index contributed by atoms with van der Waals surface area (Å²) in [7, 11) is 0. The molecule has 1 fully saturated rings. The lowest BCUT2D eigenvalue weighted by molar-refractivity contribution is 0.101. The Morgan fingerprint density at radius 3 is 2.61 bits per heavy atom. The van der Waals surface area contributed by atoms with Crippen molar-refractivity contribution >= 4 is 48.2 Å². The smallest absolute Gasteiger partial charge is 0.284 e. The monoisotopic (exact) mass is 483 g/mol. The highest BCUT2D eigenvalue weighted by atomic mass is 35.5. The molecule has 0 spiro atoms. The summed E-state index contributed by atoms with van der Waals surface area (Å²) in [5, 5.41) is 5.11. The number of hydrogen-bond donors (Lipinski definition) is 1. The highest BCUT2D eigenvalue weighted by Crippen LogP contribution is 2.42. The number of nitrogens with zero attached hydrogens (tertiary/aromatic N) is 6. The summed E-state index contributed by atoms with van der Waals surface area (Å²) < 4.78 is 3.08. The normalized spacial score (nSPS) is 17.5. The Labute approximate surface area is 201 Å². The molecule has 0 bridgehead atoms. The van der Waals surface area contributed by atoms with Crippen molar-refractivity contribution in [1.82, 2.24) is 24.1 Å². The third-order valence-electron chi connectivity index (χ3n) is 5.74. The molecule has 4 aromatic rings. The van der Waals surface area contributed by atoms with Crippen molar-refractivity contribution in [2.45, 2.75) is 19.9 Å². The minimum atomic E-state index is -0.319. The van der Waals surface area contributed by atoms with E-state index in [0.717, 1.165) is 0 Å². The van der Waals surface area contributed by atoms with Gasteiger partial charge >= 0.3 is 0 Å². The minimum absolute atomic E-state index is 0. The molecule has 4 heterocycles. The highest BCUT2D eigenvalue weighted by Gasteiger charge is 2.43. The summed E-state index contributed by atoms with van der Waals surface area (Å²) in [6.45, 7) is 4.15. The van der Waals surface area contributed by atoms with Crippen LogP contribution >= 0.6 is 25.1 Å². The molecule has 0 radical (unpaired) electrons. The van der Waals surface area contributed by atoms with E-state index in [0.29, 0.717) is 40.0 Å². The number of nitrogens with two attached hydrogens (primary N) is 1. The number of carbonyl (C=O) groups is 1. The number of aromatic nitrogens is 5. The SMILES string of the molecule is CC(=O)c1cnc(N)nc1N1CC(C)C1c1nn2ccc(Cl)c2c(=O)n1-c1ccccc1.S. The van der Waals surface area contributed by atoms with Crippen LogP contribution in [0.1, 0.15) is 36.1 Å². The number of benzene rings is 1. The lowest BCUT2D eigenvalue weighted by atomic mass is 9.88. The van der Waals surface area contributed by atoms with Crippen LogP contribution in [-0.2, 0) is 0 Å². The second-order valence-electron chi connectivity index (χ2n) is 7.89.